The summed E-state index contributed by atoms with van der Waals surface area (Å²) in [5.41, 5.74) is 0.805. The maximum absolute atomic E-state index is 13.4. The van der Waals surface area contributed by atoms with Crippen molar-refractivity contribution in [3.8, 4) is 0 Å². The molecule has 0 radical (unpaired) electrons. The van der Waals surface area contributed by atoms with Gasteiger partial charge in [-0.15, -0.1) is 0 Å². The second-order valence-corrected chi connectivity index (χ2v) is 3.61. The van der Waals surface area contributed by atoms with E-state index in [0.717, 1.165) is 18.4 Å². The zero-order valence-corrected chi connectivity index (χ0v) is 7.93. The SMILES string of the molecule is Fc1cc(F)c2nc3n(c2c1)CCNC3. The summed E-state index contributed by atoms with van der Waals surface area (Å²) in [6.45, 7) is 2.11. The highest BCUT2D eigenvalue weighted by Gasteiger charge is 2.17. The molecule has 3 nitrogen and oxygen atoms in total. The van der Waals surface area contributed by atoms with Crippen molar-refractivity contribution in [3.05, 3.63) is 29.6 Å². The van der Waals surface area contributed by atoms with Gasteiger partial charge in [0.1, 0.15) is 17.2 Å². The minimum absolute atomic E-state index is 0.259. The van der Waals surface area contributed by atoms with Crippen LogP contribution in [0.1, 0.15) is 5.82 Å². The van der Waals surface area contributed by atoms with Gasteiger partial charge in [-0.1, -0.05) is 0 Å². The van der Waals surface area contributed by atoms with Crippen LogP contribution in [0, 0.1) is 11.6 Å². The molecule has 0 fully saturated rings. The number of imidazole rings is 1. The van der Waals surface area contributed by atoms with Crippen LogP contribution in [0.15, 0.2) is 12.1 Å². The topological polar surface area (TPSA) is 29.9 Å². The molecule has 5 heteroatoms. The normalized spacial score (nSPS) is 15.6. The summed E-state index contributed by atoms with van der Waals surface area (Å²) in [6, 6.07) is 2.20. The Kier molecular flexibility index (Phi) is 1.76. The first kappa shape index (κ1) is 8.79. The summed E-state index contributed by atoms with van der Waals surface area (Å²) >= 11 is 0. The van der Waals surface area contributed by atoms with E-state index in [1.807, 2.05) is 4.57 Å². The van der Waals surface area contributed by atoms with Gasteiger partial charge in [-0.2, -0.15) is 0 Å². The summed E-state index contributed by atoms with van der Waals surface area (Å²) in [5, 5.41) is 3.14. The van der Waals surface area contributed by atoms with E-state index in [-0.39, 0.29) is 5.52 Å². The van der Waals surface area contributed by atoms with Gasteiger partial charge in [0.2, 0.25) is 0 Å². The van der Waals surface area contributed by atoms with E-state index in [0.29, 0.717) is 18.6 Å². The number of nitrogens with zero attached hydrogens (tertiary/aromatic N) is 2. The third kappa shape index (κ3) is 1.23. The lowest BCUT2D eigenvalue weighted by Crippen LogP contribution is -2.28. The lowest BCUT2D eigenvalue weighted by Gasteiger charge is -2.15. The summed E-state index contributed by atoms with van der Waals surface area (Å²) in [4.78, 5) is 4.15. The number of rotatable bonds is 0. The molecule has 2 aromatic rings. The molecule has 0 aliphatic carbocycles. The summed E-state index contributed by atoms with van der Waals surface area (Å²) < 4.78 is 28.3. The Morgan fingerprint density at radius 1 is 1.33 bits per heavy atom. The number of aromatic nitrogens is 2. The van der Waals surface area contributed by atoms with Crippen LogP contribution in [0.25, 0.3) is 11.0 Å². The van der Waals surface area contributed by atoms with Crippen molar-refractivity contribution >= 4 is 11.0 Å². The first-order chi connectivity index (χ1) is 7.25. The Balaban J connectivity index is 2.37. The largest absolute Gasteiger partial charge is 0.325 e. The van der Waals surface area contributed by atoms with Gasteiger partial charge in [0.25, 0.3) is 0 Å². The van der Waals surface area contributed by atoms with Crippen LogP contribution in [-0.2, 0) is 13.1 Å². The van der Waals surface area contributed by atoms with E-state index in [1.54, 1.807) is 0 Å². The molecule has 78 valence electrons. The summed E-state index contributed by atoms with van der Waals surface area (Å²) in [6.07, 6.45) is 0. The molecule has 2 heterocycles. The van der Waals surface area contributed by atoms with Crippen LogP contribution in [0.5, 0.6) is 0 Å². The van der Waals surface area contributed by atoms with E-state index in [1.165, 1.54) is 6.07 Å². The fourth-order valence-corrected chi connectivity index (χ4v) is 1.97. The fraction of sp³-hybridized carbons (Fsp3) is 0.300. The minimum Gasteiger partial charge on any atom is -0.325 e. The average Bonchev–Trinajstić information content (AvgIpc) is 2.57. The van der Waals surface area contributed by atoms with E-state index >= 15 is 0 Å². The maximum atomic E-state index is 13.4. The van der Waals surface area contributed by atoms with Crippen LogP contribution in [-0.4, -0.2) is 16.1 Å². The molecule has 0 bridgehead atoms. The Morgan fingerprint density at radius 2 is 2.20 bits per heavy atom. The molecule has 0 saturated carbocycles. The van der Waals surface area contributed by atoms with E-state index < -0.39 is 11.6 Å². The molecule has 1 N–H and O–H groups in total. The number of halogens is 2. The first-order valence-electron chi connectivity index (χ1n) is 4.80. The second kappa shape index (κ2) is 3.00. The van der Waals surface area contributed by atoms with Crippen molar-refractivity contribution in [2.45, 2.75) is 13.1 Å². The number of hydrogen-bond donors (Lipinski definition) is 1. The van der Waals surface area contributed by atoms with Gasteiger partial charge in [0, 0.05) is 19.2 Å². The predicted molar refractivity (Wildman–Crippen MR) is 51.4 cm³/mol. The Labute approximate surface area is 84.7 Å². The van der Waals surface area contributed by atoms with Crippen LogP contribution in [0.3, 0.4) is 0 Å². The van der Waals surface area contributed by atoms with E-state index in [2.05, 4.69) is 10.3 Å². The van der Waals surface area contributed by atoms with Crippen LogP contribution in [0.4, 0.5) is 8.78 Å². The highest BCUT2D eigenvalue weighted by Crippen LogP contribution is 2.21. The standard InChI is InChI=1S/C10H9F2N3/c11-6-3-7(12)10-8(4-6)15-2-1-13-5-9(15)14-10/h3-4,13H,1-2,5H2. The van der Waals surface area contributed by atoms with Gasteiger partial charge in [0.15, 0.2) is 5.82 Å². The number of nitrogens with one attached hydrogen (secondary N) is 1. The molecule has 0 saturated heterocycles. The van der Waals surface area contributed by atoms with Crippen LogP contribution >= 0.6 is 0 Å². The molecule has 1 aromatic carbocycles. The lowest BCUT2D eigenvalue weighted by molar-refractivity contribution is 0.514. The Bertz CT molecular complexity index is 533. The van der Waals surface area contributed by atoms with Crippen molar-refractivity contribution in [2.24, 2.45) is 0 Å². The van der Waals surface area contributed by atoms with Gasteiger partial charge < -0.3 is 9.88 Å². The zero-order chi connectivity index (χ0) is 10.4. The molecule has 15 heavy (non-hydrogen) atoms. The molecule has 0 amide bonds. The molecule has 3 rings (SSSR count). The molecular formula is C10H9F2N3. The van der Waals surface area contributed by atoms with Crippen molar-refractivity contribution in [1.29, 1.82) is 0 Å². The van der Waals surface area contributed by atoms with Crippen molar-refractivity contribution in [2.75, 3.05) is 6.54 Å². The summed E-state index contributed by atoms with van der Waals surface area (Å²) in [5.74, 6) is -0.381. The Hall–Kier alpha value is -1.49. The average molecular weight is 209 g/mol. The quantitative estimate of drug-likeness (QED) is 0.711. The van der Waals surface area contributed by atoms with Crippen molar-refractivity contribution in [1.82, 2.24) is 14.9 Å². The zero-order valence-electron chi connectivity index (χ0n) is 7.93. The maximum Gasteiger partial charge on any atom is 0.153 e. The molecule has 1 aliphatic rings. The molecule has 1 aliphatic heterocycles. The van der Waals surface area contributed by atoms with Crippen LogP contribution < -0.4 is 5.32 Å². The van der Waals surface area contributed by atoms with Crippen LogP contribution in [0.2, 0.25) is 0 Å². The summed E-state index contributed by atoms with van der Waals surface area (Å²) in [7, 11) is 0. The van der Waals surface area contributed by atoms with Gasteiger partial charge in [0.05, 0.1) is 12.1 Å². The molecule has 0 spiro atoms. The molecule has 1 aromatic heterocycles. The number of benzene rings is 1. The fourth-order valence-electron chi connectivity index (χ4n) is 1.97. The van der Waals surface area contributed by atoms with Crippen molar-refractivity contribution < 1.29 is 8.78 Å². The lowest BCUT2D eigenvalue weighted by atomic mass is 10.3. The number of fused-ring (bicyclic) bond motifs is 3. The monoisotopic (exact) mass is 209 g/mol. The Morgan fingerprint density at radius 3 is 3.07 bits per heavy atom. The van der Waals surface area contributed by atoms with Gasteiger partial charge in [-0.25, -0.2) is 13.8 Å². The van der Waals surface area contributed by atoms with Gasteiger partial charge >= 0.3 is 0 Å². The highest BCUT2D eigenvalue weighted by atomic mass is 19.1. The second-order valence-electron chi connectivity index (χ2n) is 3.61. The third-order valence-electron chi connectivity index (χ3n) is 2.65. The van der Waals surface area contributed by atoms with Gasteiger partial charge in [-0.3, -0.25) is 0 Å². The molecule has 0 unspecified atom stereocenters. The van der Waals surface area contributed by atoms with E-state index in [9.17, 15) is 8.78 Å². The van der Waals surface area contributed by atoms with Gasteiger partial charge in [-0.05, 0) is 6.07 Å². The van der Waals surface area contributed by atoms with E-state index in [4.69, 9.17) is 0 Å². The predicted octanol–water partition coefficient (Wildman–Crippen LogP) is 1.42. The highest BCUT2D eigenvalue weighted by molar-refractivity contribution is 5.77. The first-order valence-corrected chi connectivity index (χ1v) is 4.80. The minimum atomic E-state index is -0.591. The van der Waals surface area contributed by atoms with Crippen molar-refractivity contribution in [3.63, 3.8) is 0 Å². The third-order valence-corrected chi connectivity index (χ3v) is 2.65. The molecule has 0 atom stereocenters. The molecular weight excluding hydrogens is 200 g/mol. The smallest absolute Gasteiger partial charge is 0.153 e. The number of hydrogen-bond acceptors (Lipinski definition) is 2.